The Morgan fingerprint density at radius 2 is 1.53 bits per heavy atom. The average Bonchev–Trinajstić information content (AvgIpc) is 3.03. The summed E-state index contributed by atoms with van der Waals surface area (Å²) in [6, 6.07) is 13.6. The van der Waals surface area contributed by atoms with Crippen molar-refractivity contribution in [3.63, 3.8) is 0 Å². The first-order chi connectivity index (χ1) is 21.5. The number of benzene rings is 2. The molecule has 7 nitrogen and oxygen atoms in total. The summed E-state index contributed by atoms with van der Waals surface area (Å²) in [5.74, 6) is -0.345. The minimum atomic E-state index is -1.29. The Hall–Kier alpha value is -2.97. The smallest absolute Gasteiger partial charge is 0.168 e. The highest BCUT2D eigenvalue weighted by Gasteiger charge is 2.60. The van der Waals surface area contributed by atoms with Gasteiger partial charge >= 0.3 is 0 Å². The Balaban J connectivity index is 0.000000404. The fourth-order valence-corrected chi connectivity index (χ4v) is 6.99. The number of ether oxygens (including phenoxy) is 1. The number of Topliss-reactive ketones (excluding diaryl/α,β-unsaturated/α-hetero) is 2. The van der Waals surface area contributed by atoms with Crippen molar-refractivity contribution >= 4 is 28.6 Å². The number of hydrogen-bond donors (Lipinski definition) is 3. The lowest BCUT2D eigenvalue weighted by molar-refractivity contribution is -0.199. The van der Waals surface area contributed by atoms with E-state index in [-0.39, 0.29) is 41.8 Å². The average molecular weight is 625 g/mol. The van der Waals surface area contributed by atoms with Gasteiger partial charge in [-0.3, -0.25) is 14.4 Å². The van der Waals surface area contributed by atoms with Crippen LogP contribution in [0.5, 0.6) is 0 Å². The fraction of sp³-hybridized carbons (Fsp3) is 0.553. The van der Waals surface area contributed by atoms with Crippen LogP contribution in [0.4, 0.5) is 0 Å². The number of aldehydes is 1. The zero-order valence-corrected chi connectivity index (χ0v) is 28.8. The Morgan fingerprint density at radius 3 is 2.09 bits per heavy atom. The summed E-state index contributed by atoms with van der Waals surface area (Å²) in [7, 11) is 1.00. The molecule has 7 heteroatoms. The molecule has 0 spiro atoms. The Bertz CT molecular complexity index is 1300. The lowest BCUT2D eigenvalue weighted by Gasteiger charge is -2.57. The normalized spacial score (nSPS) is 28.6. The van der Waals surface area contributed by atoms with Gasteiger partial charge in [0.2, 0.25) is 0 Å². The van der Waals surface area contributed by atoms with Crippen LogP contribution >= 0.6 is 0 Å². The van der Waals surface area contributed by atoms with E-state index in [0.717, 1.165) is 36.2 Å². The van der Waals surface area contributed by atoms with Crippen molar-refractivity contribution in [3.8, 4) is 0 Å². The van der Waals surface area contributed by atoms with Crippen LogP contribution < -0.4 is 0 Å². The first-order valence-electron chi connectivity index (χ1n) is 16.3. The van der Waals surface area contributed by atoms with Crippen LogP contribution in [-0.2, 0) is 14.3 Å². The molecule has 6 unspecified atom stereocenters. The maximum absolute atomic E-state index is 13.0. The standard InChI is InChI=1S/C19H26O5.C11H8O.C3H6.2C2H6.CH4O/c1-9-13(20)7-19(23)6-11-10(4-5-14-12(11)8-24-14)16(21)17(22)15(9)18(19,2)3;12-8-10-6-3-5-9-4-1-2-7-11(9)10;1-3-2;3*1-2/h10-12,14,17,22-23H,4-8H2,1-3H3;1-8H;3H,1H2,2H3;2*1-2H3;2H,1H3. The summed E-state index contributed by atoms with van der Waals surface area (Å²) in [5, 5.41) is 31.5. The van der Waals surface area contributed by atoms with E-state index in [2.05, 4.69) is 6.58 Å². The van der Waals surface area contributed by atoms with Gasteiger partial charge in [0, 0.05) is 36.3 Å². The van der Waals surface area contributed by atoms with Crippen LogP contribution in [0.2, 0.25) is 0 Å². The molecule has 3 N–H and O–H groups in total. The van der Waals surface area contributed by atoms with Gasteiger partial charge in [0.1, 0.15) is 6.10 Å². The Kier molecular flexibility index (Phi) is 16.2. The van der Waals surface area contributed by atoms with Crippen LogP contribution in [0.25, 0.3) is 10.8 Å². The third kappa shape index (κ3) is 8.25. The van der Waals surface area contributed by atoms with E-state index >= 15 is 0 Å². The van der Waals surface area contributed by atoms with E-state index in [1.54, 1.807) is 13.0 Å². The number of allylic oxidation sites excluding steroid dienone is 2. The van der Waals surface area contributed by atoms with Crippen molar-refractivity contribution in [2.75, 3.05) is 13.7 Å². The SMILES string of the molecule is C=CC.CC.CC.CC1=C2C(O)C(=O)C3CCC4OCC4C3CC(O)(CC1=O)C2(C)C.CO.O=Cc1cccc2ccccc12. The third-order valence-corrected chi connectivity index (χ3v) is 9.35. The summed E-state index contributed by atoms with van der Waals surface area (Å²) in [4.78, 5) is 36.1. The van der Waals surface area contributed by atoms with Crippen LogP contribution in [-0.4, -0.2) is 64.7 Å². The van der Waals surface area contributed by atoms with E-state index in [1.807, 2.05) is 90.9 Å². The Labute approximate surface area is 270 Å². The molecule has 1 aliphatic heterocycles. The molecule has 0 aromatic heterocycles. The van der Waals surface area contributed by atoms with Gasteiger partial charge in [-0.15, -0.1) is 6.58 Å². The largest absolute Gasteiger partial charge is 0.400 e. The van der Waals surface area contributed by atoms with Crippen molar-refractivity contribution < 1.29 is 34.4 Å². The number of hydrogen-bond acceptors (Lipinski definition) is 7. The van der Waals surface area contributed by atoms with Gasteiger partial charge < -0.3 is 20.1 Å². The quantitative estimate of drug-likeness (QED) is 0.233. The molecule has 2 saturated carbocycles. The first-order valence-corrected chi connectivity index (χ1v) is 16.3. The van der Waals surface area contributed by atoms with Crippen molar-refractivity contribution in [2.24, 2.45) is 23.2 Å². The molecule has 0 radical (unpaired) electrons. The summed E-state index contributed by atoms with van der Waals surface area (Å²) in [6.07, 6.45) is 3.54. The zero-order valence-electron chi connectivity index (χ0n) is 28.8. The highest BCUT2D eigenvalue weighted by Crippen LogP contribution is 2.56. The fourth-order valence-electron chi connectivity index (χ4n) is 6.99. The number of rotatable bonds is 1. The highest BCUT2D eigenvalue weighted by molar-refractivity contribution is 6.01. The lowest BCUT2D eigenvalue weighted by Crippen LogP contribution is -2.62. The van der Waals surface area contributed by atoms with Gasteiger partial charge in [-0.1, -0.05) is 90.1 Å². The number of aliphatic hydroxyl groups is 3. The van der Waals surface area contributed by atoms with Crippen molar-refractivity contribution in [1.29, 1.82) is 0 Å². The van der Waals surface area contributed by atoms with Crippen LogP contribution in [0.15, 0.2) is 66.3 Å². The molecule has 6 atom stereocenters. The number of carbonyl (C=O) groups excluding carboxylic acids is 3. The molecule has 3 fully saturated rings. The second-order valence-corrected chi connectivity index (χ2v) is 11.8. The maximum Gasteiger partial charge on any atom is 0.168 e. The predicted molar refractivity (Wildman–Crippen MR) is 182 cm³/mol. The molecular formula is C38H56O7. The minimum absolute atomic E-state index is 0.0170. The molecule has 3 aliphatic carbocycles. The summed E-state index contributed by atoms with van der Waals surface area (Å²) < 4.78 is 5.61. The van der Waals surface area contributed by atoms with Gasteiger partial charge in [0.05, 0.1) is 18.3 Å². The van der Waals surface area contributed by atoms with Gasteiger partial charge in [0.15, 0.2) is 17.9 Å². The molecule has 1 heterocycles. The van der Waals surface area contributed by atoms with Gasteiger partial charge in [0.25, 0.3) is 0 Å². The molecule has 2 bridgehead atoms. The van der Waals surface area contributed by atoms with Gasteiger partial charge in [-0.05, 0) is 60.9 Å². The minimum Gasteiger partial charge on any atom is -0.400 e. The van der Waals surface area contributed by atoms with Crippen molar-refractivity contribution in [3.05, 3.63) is 71.8 Å². The van der Waals surface area contributed by atoms with E-state index in [4.69, 9.17) is 9.84 Å². The molecule has 1 saturated heterocycles. The molecule has 45 heavy (non-hydrogen) atoms. The number of aliphatic hydroxyl groups excluding tert-OH is 2. The number of carbonyl (C=O) groups is 3. The van der Waals surface area contributed by atoms with E-state index < -0.39 is 17.1 Å². The number of fused-ring (bicyclic) bond motifs is 6. The van der Waals surface area contributed by atoms with E-state index in [1.165, 1.54) is 0 Å². The van der Waals surface area contributed by atoms with Crippen LogP contribution in [0.1, 0.15) is 91.4 Å². The predicted octanol–water partition coefficient (Wildman–Crippen LogP) is 6.91. The summed E-state index contributed by atoms with van der Waals surface area (Å²) in [6.45, 7) is 19.2. The molecule has 0 amide bonds. The van der Waals surface area contributed by atoms with Crippen LogP contribution in [0.3, 0.4) is 0 Å². The van der Waals surface area contributed by atoms with E-state index in [0.29, 0.717) is 30.6 Å². The molecular weight excluding hydrogens is 568 g/mol. The van der Waals surface area contributed by atoms with Gasteiger partial charge in [-0.2, -0.15) is 0 Å². The third-order valence-electron chi connectivity index (χ3n) is 9.35. The summed E-state index contributed by atoms with van der Waals surface area (Å²) >= 11 is 0. The highest BCUT2D eigenvalue weighted by atomic mass is 16.5. The Morgan fingerprint density at radius 1 is 0.956 bits per heavy atom. The second kappa shape index (κ2) is 18.2. The second-order valence-electron chi connectivity index (χ2n) is 11.8. The van der Waals surface area contributed by atoms with Crippen molar-refractivity contribution in [1.82, 2.24) is 0 Å². The maximum atomic E-state index is 13.0. The monoisotopic (exact) mass is 624 g/mol. The molecule has 2 aromatic carbocycles. The summed E-state index contributed by atoms with van der Waals surface area (Å²) in [5.41, 5.74) is -0.390. The molecule has 4 aliphatic rings. The number of ketones is 2. The molecule has 2 aromatic rings. The van der Waals surface area contributed by atoms with E-state index in [9.17, 15) is 24.6 Å². The zero-order chi connectivity index (χ0) is 34.5. The molecule has 6 rings (SSSR count). The van der Waals surface area contributed by atoms with Crippen molar-refractivity contribution in [2.45, 2.75) is 98.9 Å². The molecule has 250 valence electrons. The topological polar surface area (TPSA) is 121 Å². The first kappa shape index (κ1) is 40.1. The van der Waals surface area contributed by atoms with Crippen LogP contribution in [0, 0.1) is 23.2 Å². The lowest BCUT2D eigenvalue weighted by atomic mass is 9.52. The van der Waals surface area contributed by atoms with Gasteiger partial charge in [-0.25, -0.2) is 0 Å².